The maximum Gasteiger partial charge on any atom is 0.255 e. The number of carbonyl (C=O) groups excluding carboxylic acids is 2. The normalized spacial score (nSPS) is 10.5. The molecule has 5 nitrogen and oxygen atoms in total. The Labute approximate surface area is 158 Å². The molecule has 2 rings (SSSR count). The quantitative estimate of drug-likeness (QED) is 0.792. The highest BCUT2D eigenvalue weighted by atomic mass is 35.5. The van der Waals surface area contributed by atoms with Crippen molar-refractivity contribution in [3.8, 4) is 5.75 Å². The number of carbonyl (C=O) groups is 2. The van der Waals surface area contributed by atoms with Crippen molar-refractivity contribution in [2.24, 2.45) is 5.92 Å². The van der Waals surface area contributed by atoms with E-state index >= 15 is 0 Å². The third kappa shape index (κ3) is 4.99. The minimum absolute atomic E-state index is 0.201. The van der Waals surface area contributed by atoms with E-state index in [-0.39, 0.29) is 11.8 Å². The van der Waals surface area contributed by atoms with Gasteiger partial charge in [-0.2, -0.15) is 0 Å². The van der Waals surface area contributed by atoms with Crippen LogP contribution in [0.25, 0.3) is 0 Å². The number of aryl methyl sites for hydroxylation is 1. The zero-order valence-electron chi connectivity index (χ0n) is 15.4. The molecule has 26 heavy (non-hydrogen) atoms. The van der Waals surface area contributed by atoms with Crippen LogP contribution in [0.15, 0.2) is 36.4 Å². The third-order valence-corrected chi connectivity index (χ3v) is 4.19. The first-order chi connectivity index (χ1) is 12.3. The van der Waals surface area contributed by atoms with Gasteiger partial charge in [0.15, 0.2) is 0 Å². The first-order valence-electron chi connectivity index (χ1n) is 8.35. The van der Waals surface area contributed by atoms with Crippen LogP contribution in [0.4, 0.5) is 5.69 Å². The molecule has 0 aliphatic heterocycles. The van der Waals surface area contributed by atoms with E-state index in [0.717, 1.165) is 5.56 Å². The van der Waals surface area contributed by atoms with Gasteiger partial charge in [-0.1, -0.05) is 31.5 Å². The average Bonchev–Trinajstić information content (AvgIpc) is 2.62. The molecule has 0 aliphatic rings. The predicted molar refractivity (Wildman–Crippen MR) is 104 cm³/mol. The second kappa shape index (κ2) is 8.72. The third-order valence-electron chi connectivity index (χ3n) is 3.79. The van der Waals surface area contributed by atoms with Crippen molar-refractivity contribution >= 4 is 29.1 Å². The van der Waals surface area contributed by atoms with Gasteiger partial charge >= 0.3 is 0 Å². The van der Waals surface area contributed by atoms with Crippen LogP contribution in [0.1, 0.15) is 40.1 Å². The topological polar surface area (TPSA) is 67.4 Å². The van der Waals surface area contributed by atoms with E-state index in [2.05, 4.69) is 10.6 Å². The maximum atomic E-state index is 12.6. The Bertz CT molecular complexity index is 819. The molecule has 0 saturated carbocycles. The van der Waals surface area contributed by atoms with Crippen LogP contribution in [-0.2, 0) is 0 Å². The smallest absolute Gasteiger partial charge is 0.255 e. The first kappa shape index (κ1) is 19.8. The number of hydrogen-bond donors (Lipinski definition) is 2. The van der Waals surface area contributed by atoms with Gasteiger partial charge in [-0.3, -0.25) is 9.59 Å². The summed E-state index contributed by atoms with van der Waals surface area (Å²) in [5.41, 5.74) is 2.17. The first-order valence-corrected chi connectivity index (χ1v) is 8.73. The summed E-state index contributed by atoms with van der Waals surface area (Å²) in [5.74, 6) is 0.294. The largest absolute Gasteiger partial charge is 0.495 e. The number of halogens is 1. The molecule has 0 fully saturated rings. The van der Waals surface area contributed by atoms with Gasteiger partial charge in [-0.05, 0) is 42.7 Å². The van der Waals surface area contributed by atoms with Crippen LogP contribution in [-0.4, -0.2) is 25.5 Å². The molecule has 2 aromatic carbocycles. The van der Waals surface area contributed by atoms with Gasteiger partial charge in [0.25, 0.3) is 11.8 Å². The molecular weight excluding hydrogens is 352 g/mol. The Morgan fingerprint density at radius 2 is 1.77 bits per heavy atom. The summed E-state index contributed by atoms with van der Waals surface area (Å²) in [6.45, 7) is 6.46. The molecule has 2 amide bonds. The molecule has 0 spiro atoms. The Balaban J connectivity index is 2.19. The lowest BCUT2D eigenvalue weighted by molar-refractivity contribution is 0.0949. The molecule has 0 radical (unpaired) electrons. The molecular formula is C20H23ClN2O3. The number of nitrogens with one attached hydrogen (secondary N) is 2. The highest BCUT2D eigenvalue weighted by Gasteiger charge is 2.14. The minimum atomic E-state index is -0.330. The molecule has 6 heteroatoms. The van der Waals surface area contributed by atoms with Crippen molar-refractivity contribution < 1.29 is 14.3 Å². The molecule has 0 saturated heterocycles. The second-order valence-electron chi connectivity index (χ2n) is 6.44. The summed E-state index contributed by atoms with van der Waals surface area (Å²) < 4.78 is 5.27. The van der Waals surface area contributed by atoms with Gasteiger partial charge in [0.1, 0.15) is 5.75 Å². The van der Waals surface area contributed by atoms with Crippen LogP contribution in [0, 0.1) is 12.8 Å². The monoisotopic (exact) mass is 374 g/mol. The second-order valence-corrected chi connectivity index (χ2v) is 6.85. The molecule has 0 heterocycles. The lowest BCUT2D eigenvalue weighted by Gasteiger charge is -2.13. The van der Waals surface area contributed by atoms with Crippen molar-refractivity contribution in [1.82, 2.24) is 5.32 Å². The zero-order valence-corrected chi connectivity index (χ0v) is 16.1. The minimum Gasteiger partial charge on any atom is -0.495 e. The molecule has 0 bridgehead atoms. The van der Waals surface area contributed by atoms with E-state index in [1.165, 1.54) is 7.11 Å². The number of ether oxygens (including phenoxy) is 1. The Morgan fingerprint density at radius 3 is 2.38 bits per heavy atom. The van der Waals surface area contributed by atoms with Gasteiger partial charge in [0.2, 0.25) is 0 Å². The summed E-state index contributed by atoms with van der Waals surface area (Å²) in [5, 5.41) is 6.21. The molecule has 138 valence electrons. The summed E-state index contributed by atoms with van der Waals surface area (Å²) in [7, 11) is 1.51. The number of methoxy groups -OCH3 is 1. The predicted octanol–water partition coefficient (Wildman–Crippen LogP) is 4.30. The Morgan fingerprint density at radius 1 is 1.12 bits per heavy atom. The number of anilines is 1. The van der Waals surface area contributed by atoms with Gasteiger partial charge in [-0.25, -0.2) is 0 Å². The maximum absolute atomic E-state index is 12.6. The Kier molecular flexibility index (Phi) is 6.64. The summed E-state index contributed by atoms with van der Waals surface area (Å²) in [6.07, 6.45) is 0. The van der Waals surface area contributed by atoms with E-state index in [1.807, 2.05) is 20.8 Å². The fourth-order valence-corrected chi connectivity index (χ4v) is 2.48. The van der Waals surface area contributed by atoms with Gasteiger partial charge in [0, 0.05) is 28.8 Å². The van der Waals surface area contributed by atoms with E-state index in [9.17, 15) is 9.59 Å². The standard InChI is InChI=1S/C20H23ClN2O3/c1-12(2)11-22-19(24)14-6-5-7-15(9-14)20(25)23-17-8-13(3)16(21)10-18(17)26-4/h5-10,12H,11H2,1-4H3,(H,22,24)(H,23,25). The van der Waals surface area contributed by atoms with Crippen molar-refractivity contribution in [2.75, 3.05) is 19.0 Å². The Hall–Kier alpha value is -2.53. The fourth-order valence-electron chi connectivity index (χ4n) is 2.32. The molecule has 2 N–H and O–H groups in total. The highest BCUT2D eigenvalue weighted by molar-refractivity contribution is 6.31. The molecule has 0 aromatic heterocycles. The lowest BCUT2D eigenvalue weighted by atomic mass is 10.1. The van der Waals surface area contributed by atoms with E-state index in [0.29, 0.717) is 40.0 Å². The van der Waals surface area contributed by atoms with Crippen LogP contribution >= 0.6 is 11.6 Å². The van der Waals surface area contributed by atoms with Gasteiger partial charge < -0.3 is 15.4 Å². The molecule has 0 aliphatic carbocycles. The van der Waals surface area contributed by atoms with Crippen molar-refractivity contribution in [3.63, 3.8) is 0 Å². The van der Waals surface area contributed by atoms with Crippen LogP contribution in [0.3, 0.4) is 0 Å². The van der Waals surface area contributed by atoms with Crippen molar-refractivity contribution in [2.45, 2.75) is 20.8 Å². The van der Waals surface area contributed by atoms with Crippen molar-refractivity contribution in [3.05, 3.63) is 58.1 Å². The van der Waals surface area contributed by atoms with Gasteiger partial charge in [0.05, 0.1) is 12.8 Å². The lowest BCUT2D eigenvalue weighted by Crippen LogP contribution is -2.27. The summed E-state index contributed by atoms with van der Waals surface area (Å²) >= 11 is 6.09. The highest BCUT2D eigenvalue weighted by Crippen LogP contribution is 2.31. The zero-order chi connectivity index (χ0) is 19.3. The SMILES string of the molecule is COc1cc(Cl)c(C)cc1NC(=O)c1cccc(C(=O)NCC(C)C)c1. The van der Waals surface area contributed by atoms with E-state index in [4.69, 9.17) is 16.3 Å². The van der Waals surface area contributed by atoms with E-state index in [1.54, 1.807) is 36.4 Å². The van der Waals surface area contributed by atoms with Crippen LogP contribution in [0.2, 0.25) is 5.02 Å². The summed E-state index contributed by atoms with van der Waals surface area (Å²) in [6, 6.07) is 9.99. The van der Waals surface area contributed by atoms with Crippen LogP contribution < -0.4 is 15.4 Å². The molecule has 0 unspecified atom stereocenters. The number of hydrogen-bond acceptors (Lipinski definition) is 3. The van der Waals surface area contributed by atoms with Crippen molar-refractivity contribution in [1.29, 1.82) is 0 Å². The number of rotatable bonds is 6. The number of amides is 2. The summed E-state index contributed by atoms with van der Waals surface area (Å²) in [4.78, 5) is 24.8. The van der Waals surface area contributed by atoms with Gasteiger partial charge in [-0.15, -0.1) is 0 Å². The fraction of sp³-hybridized carbons (Fsp3) is 0.300. The average molecular weight is 375 g/mol. The molecule has 2 aromatic rings. The van der Waals surface area contributed by atoms with Crippen LogP contribution in [0.5, 0.6) is 5.75 Å². The molecule has 0 atom stereocenters. The van der Waals surface area contributed by atoms with E-state index < -0.39 is 0 Å². The number of benzene rings is 2.